The lowest BCUT2D eigenvalue weighted by Gasteiger charge is -2.15. The molecule has 0 spiro atoms. The summed E-state index contributed by atoms with van der Waals surface area (Å²) in [6, 6.07) is 17.4. The van der Waals surface area contributed by atoms with Crippen LogP contribution >= 0.6 is 22.6 Å². The Hall–Kier alpha value is -1.35. The molecular weight excluding hydrogens is 343 g/mol. The van der Waals surface area contributed by atoms with Gasteiger partial charge in [-0.2, -0.15) is 0 Å². The molecule has 0 fully saturated rings. The Morgan fingerprint density at radius 1 is 0.895 bits per heavy atom. The largest absolute Gasteiger partial charge is 0.0842 e. The van der Waals surface area contributed by atoms with Crippen molar-refractivity contribution in [3.8, 4) is 11.1 Å². The molecule has 19 heavy (non-hydrogen) atoms. The van der Waals surface area contributed by atoms with Crippen LogP contribution in [0.2, 0.25) is 0 Å². The van der Waals surface area contributed by atoms with Crippen LogP contribution in [0.1, 0.15) is 18.4 Å². The third-order valence-corrected chi connectivity index (χ3v) is 4.10. The first-order chi connectivity index (χ1) is 9.34. The van der Waals surface area contributed by atoms with Gasteiger partial charge in [0.2, 0.25) is 0 Å². The molecule has 2 aromatic rings. The van der Waals surface area contributed by atoms with Gasteiger partial charge in [-0.3, -0.25) is 0 Å². The number of halogens is 1. The molecule has 0 bridgehead atoms. The Bertz CT molecular complexity index is 636. The topological polar surface area (TPSA) is 0 Å². The first-order valence-corrected chi connectivity index (χ1v) is 7.63. The maximum absolute atomic E-state index is 2.39. The fraction of sp³-hybridized carbons (Fsp3) is 0.111. The van der Waals surface area contributed by atoms with Crippen molar-refractivity contribution in [2.45, 2.75) is 12.8 Å². The molecule has 0 atom stereocenters. The van der Waals surface area contributed by atoms with Crippen molar-refractivity contribution in [3.63, 3.8) is 0 Å². The molecule has 0 aromatic heterocycles. The van der Waals surface area contributed by atoms with E-state index in [-0.39, 0.29) is 0 Å². The fourth-order valence-electron chi connectivity index (χ4n) is 2.48. The number of allylic oxidation sites excluding steroid dienone is 4. The van der Waals surface area contributed by atoms with Crippen LogP contribution in [0.5, 0.6) is 0 Å². The Kier molecular flexibility index (Phi) is 3.83. The SMILES string of the molecule is Ic1ccc(-c2ccccc2)c(C2=CC=CCC2)c1. The van der Waals surface area contributed by atoms with Crippen molar-refractivity contribution < 1.29 is 0 Å². The van der Waals surface area contributed by atoms with E-state index >= 15 is 0 Å². The Morgan fingerprint density at radius 3 is 2.47 bits per heavy atom. The highest BCUT2D eigenvalue weighted by atomic mass is 127. The summed E-state index contributed by atoms with van der Waals surface area (Å²) in [6.45, 7) is 0. The lowest BCUT2D eigenvalue weighted by Crippen LogP contribution is -1.93. The molecule has 0 saturated heterocycles. The smallest absolute Gasteiger partial charge is 0.0136 e. The van der Waals surface area contributed by atoms with Crippen LogP contribution in [0.3, 0.4) is 0 Å². The van der Waals surface area contributed by atoms with Crippen molar-refractivity contribution in [1.82, 2.24) is 0 Å². The fourth-order valence-corrected chi connectivity index (χ4v) is 2.97. The van der Waals surface area contributed by atoms with E-state index in [1.807, 2.05) is 0 Å². The molecule has 1 aliphatic rings. The van der Waals surface area contributed by atoms with Crippen LogP contribution in [-0.4, -0.2) is 0 Å². The third kappa shape index (κ3) is 2.81. The molecule has 0 radical (unpaired) electrons. The van der Waals surface area contributed by atoms with Crippen molar-refractivity contribution in [1.29, 1.82) is 0 Å². The molecule has 2 aromatic carbocycles. The first-order valence-electron chi connectivity index (χ1n) is 6.55. The van der Waals surface area contributed by atoms with E-state index in [1.165, 1.54) is 25.8 Å². The van der Waals surface area contributed by atoms with Crippen molar-refractivity contribution in [3.05, 3.63) is 75.9 Å². The van der Waals surface area contributed by atoms with Gasteiger partial charge in [-0.1, -0.05) is 54.6 Å². The molecule has 0 saturated carbocycles. The monoisotopic (exact) mass is 358 g/mol. The highest BCUT2D eigenvalue weighted by Crippen LogP contribution is 2.33. The van der Waals surface area contributed by atoms with Gasteiger partial charge in [0.15, 0.2) is 0 Å². The number of hydrogen-bond acceptors (Lipinski definition) is 0. The summed E-state index contributed by atoms with van der Waals surface area (Å²) in [6.07, 6.45) is 8.94. The Labute approximate surface area is 128 Å². The molecule has 0 aliphatic heterocycles. The molecule has 1 aliphatic carbocycles. The van der Waals surface area contributed by atoms with Crippen LogP contribution < -0.4 is 0 Å². The van der Waals surface area contributed by atoms with Gasteiger partial charge in [0.1, 0.15) is 0 Å². The Morgan fingerprint density at radius 2 is 1.74 bits per heavy atom. The first kappa shape index (κ1) is 12.7. The summed E-state index contributed by atoms with van der Waals surface area (Å²) in [4.78, 5) is 0. The summed E-state index contributed by atoms with van der Waals surface area (Å²) in [5.74, 6) is 0. The number of benzene rings is 2. The van der Waals surface area contributed by atoms with E-state index in [2.05, 4.69) is 89.3 Å². The van der Waals surface area contributed by atoms with Crippen molar-refractivity contribution in [2.24, 2.45) is 0 Å². The second kappa shape index (κ2) is 5.74. The van der Waals surface area contributed by atoms with E-state index in [1.54, 1.807) is 0 Å². The van der Waals surface area contributed by atoms with Gasteiger partial charge in [0, 0.05) is 3.57 Å². The van der Waals surface area contributed by atoms with Crippen LogP contribution in [0.25, 0.3) is 16.7 Å². The van der Waals surface area contributed by atoms with E-state index in [9.17, 15) is 0 Å². The van der Waals surface area contributed by atoms with Gasteiger partial charge in [0.25, 0.3) is 0 Å². The van der Waals surface area contributed by atoms with Crippen LogP contribution in [0.4, 0.5) is 0 Å². The average molecular weight is 358 g/mol. The van der Waals surface area contributed by atoms with Gasteiger partial charge in [0.05, 0.1) is 0 Å². The van der Waals surface area contributed by atoms with Crippen LogP contribution in [0, 0.1) is 3.57 Å². The van der Waals surface area contributed by atoms with Gasteiger partial charge < -0.3 is 0 Å². The van der Waals surface area contributed by atoms with E-state index in [4.69, 9.17) is 0 Å². The third-order valence-electron chi connectivity index (χ3n) is 3.43. The summed E-state index contributed by atoms with van der Waals surface area (Å²) >= 11 is 2.39. The highest BCUT2D eigenvalue weighted by Gasteiger charge is 2.10. The molecule has 0 amide bonds. The quantitative estimate of drug-likeness (QED) is 0.605. The average Bonchev–Trinajstić information content (AvgIpc) is 2.49. The maximum Gasteiger partial charge on any atom is 0.0136 e. The summed E-state index contributed by atoms with van der Waals surface area (Å²) in [7, 11) is 0. The molecule has 0 N–H and O–H groups in total. The molecule has 0 nitrogen and oxygen atoms in total. The normalized spacial score (nSPS) is 14.3. The molecule has 94 valence electrons. The van der Waals surface area contributed by atoms with Crippen LogP contribution in [-0.2, 0) is 0 Å². The summed E-state index contributed by atoms with van der Waals surface area (Å²) in [5, 5.41) is 0. The Balaban J connectivity index is 2.15. The van der Waals surface area contributed by atoms with E-state index in [0.29, 0.717) is 0 Å². The number of hydrogen-bond donors (Lipinski definition) is 0. The summed E-state index contributed by atoms with van der Waals surface area (Å²) < 4.78 is 1.29. The van der Waals surface area contributed by atoms with Gasteiger partial charge >= 0.3 is 0 Å². The van der Waals surface area contributed by atoms with Gasteiger partial charge in [-0.15, -0.1) is 0 Å². The molecule has 0 heterocycles. The zero-order valence-corrected chi connectivity index (χ0v) is 12.8. The minimum absolute atomic E-state index is 1.14. The number of rotatable bonds is 2. The second-order valence-electron chi connectivity index (χ2n) is 4.71. The predicted molar refractivity (Wildman–Crippen MR) is 90.9 cm³/mol. The lowest BCUT2D eigenvalue weighted by molar-refractivity contribution is 1.05. The van der Waals surface area contributed by atoms with Gasteiger partial charge in [-0.05, 0) is 69.8 Å². The predicted octanol–water partition coefficient (Wildman–Crippen LogP) is 5.69. The molecule has 3 rings (SSSR count). The maximum atomic E-state index is 2.39. The van der Waals surface area contributed by atoms with Crippen molar-refractivity contribution >= 4 is 28.2 Å². The minimum atomic E-state index is 1.14. The molecule has 0 unspecified atom stereocenters. The molecule has 1 heteroatoms. The minimum Gasteiger partial charge on any atom is -0.0842 e. The van der Waals surface area contributed by atoms with Crippen LogP contribution in [0.15, 0.2) is 66.8 Å². The lowest BCUT2D eigenvalue weighted by atomic mass is 9.90. The van der Waals surface area contributed by atoms with Gasteiger partial charge in [-0.25, -0.2) is 0 Å². The zero-order chi connectivity index (χ0) is 13.1. The van der Waals surface area contributed by atoms with E-state index < -0.39 is 0 Å². The zero-order valence-electron chi connectivity index (χ0n) is 10.6. The standard InChI is InChI=1S/C18H15I/c19-16-11-12-17(14-7-3-1-4-8-14)18(13-16)15-9-5-2-6-10-15/h1-5,7-9,11-13H,6,10H2. The van der Waals surface area contributed by atoms with E-state index in [0.717, 1.165) is 12.8 Å². The summed E-state index contributed by atoms with van der Waals surface area (Å²) in [5.41, 5.74) is 5.45. The second-order valence-corrected chi connectivity index (χ2v) is 5.96. The highest BCUT2D eigenvalue weighted by molar-refractivity contribution is 14.1. The molecular formula is C18H15I. The van der Waals surface area contributed by atoms with Crippen molar-refractivity contribution in [2.75, 3.05) is 0 Å².